The fourth-order valence-corrected chi connectivity index (χ4v) is 5.11. The lowest BCUT2D eigenvalue weighted by molar-refractivity contribution is -0.910. The van der Waals surface area contributed by atoms with E-state index in [1.807, 2.05) is 50.4 Å². The number of rotatable bonds is 4. The number of aromatic nitrogens is 3. The van der Waals surface area contributed by atoms with Crippen LogP contribution in [0.25, 0.3) is 5.52 Å². The Morgan fingerprint density at radius 3 is 2.36 bits per heavy atom. The van der Waals surface area contributed by atoms with Gasteiger partial charge in [0, 0.05) is 11.9 Å². The molecular weight excluding hydrogens is 503 g/mol. The first kappa shape index (κ1) is 27.1. The third-order valence-corrected chi connectivity index (χ3v) is 7.00. The molecular formula is C22H24F3N5O5S. The molecule has 1 aliphatic heterocycles. The number of aliphatic carboxylic acids is 1. The van der Waals surface area contributed by atoms with E-state index in [4.69, 9.17) is 9.90 Å². The van der Waals surface area contributed by atoms with E-state index in [1.165, 1.54) is 0 Å². The van der Waals surface area contributed by atoms with Gasteiger partial charge in [-0.1, -0.05) is 6.07 Å². The van der Waals surface area contributed by atoms with Crippen molar-refractivity contribution >= 4 is 33.0 Å². The highest BCUT2D eigenvalue weighted by Crippen LogP contribution is 2.15. The number of sulfone groups is 1. The van der Waals surface area contributed by atoms with Crippen LogP contribution in [0.2, 0.25) is 0 Å². The summed E-state index contributed by atoms with van der Waals surface area (Å²) in [6.45, 7) is 5.53. The number of alkyl halides is 3. The van der Waals surface area contributed by atoms with Crippen molar-refractivity contribution in [2.75, 3.05) is 29.9 Å². The molecule has 2 N–H and O–H groups in total. The molecule has 0 unspecified atom stereocenters. The summed E-state index contributed by atoms with van der Waals surface area (Å²) in [6, 6.07) is 9.45. The lowest BCUT2D eigenvalue weighted by Crippen LogP contribution is -3.13. The Bertz CT molecular complexity index is 1350. The minimum atomic E-state index is -5.19. The smallest absolute Gasteiger partial charge is 0.430 e. The average molecular weight is 528 g/mol. The molecule has 3 aromatic heterocycles. The third kappa shape index (κ3) is 7.01. The minimum absolute atomic E-state index is 0.194. The van der Waals surface area contributed by atoms with Crippen LogP contribution in [-0.4, -0.2) is 65.4 Å². The van der Waals surface area contributed by atoms with Gasteiger partial charge < -0.3 is 20.1 Å². The number of carboxylic acids is 1. The van der Waals surface area contributed by atoms with E-state index in [0.29, 0.717) is 31.3 Å². The number of fused-ring (bicyclic) bond motifs is 1. The van der Waals surface area contributed by atoms with Gasteiger partial charge in [0.25, 0.3) is 5.91 Å². The Morgan fingerprint density at radius 1 is 1.14 bits per heavy atom. The Balaban J connectivity index is 0.000000454. The van der Waals surface area contributed by atoms with Gasteiger partial charge in [0.2, 0.25) is 5.82 Å². The fourth-order valence-electron chi connectivity index (χ4n) is 3.71. The molecule has 1 saturated heterocycles. The molecule has 0 atom stereocenters. The summed E-state index contributed by atoms with van der Waals surface area (Å²) >= 11 is 0. The Labute approximate surface area is 204 Å². The molecule has 36 heavy (non-hydrogen) atoms. The highest BCUT2D eigenvalue weighted by Gasteiger charge is 2.29. The molecule has 0 radical (unpaired) electrons. The van der Waals surface area contributed by atoms with Gasteiger partial charge in [-0.25, -0.2) is 18.4 Å². The molecule has 0 aliphatic carbocycles. The topological polar surface area (TPSA) is 138 Å². The van der Waals surface area contributed by atoms with Crippen molar-refractivity contribution in [1.82, 2.24) is 14.4 Å². The number of nitrogens with zero attached hydrogens (tertiary/aromatic N) is 3. The van der Waals surface area contributed by atoms with Gasteiger partial charge in [-0.3, -0.25) is 9.20 Å². The first-order valence-corrected chi connectivity index (χ1v) is 12.6. The number of hydrogen-bond donors (Lipinski definition) is 2. The first-order chi connectivity index (χ1) is 16.7. The fraction of sp³-hybridized carbons (Fsp3) is 0.364. The molecule has 4 heterocycles. The van der Waals surface area contributed by atoms with E-state index < -0.39 is 22.0 Å². The lowest BCUT2D eigenvalue weighted by atomic mass is 10.2. The minimum Gasteiger partial charge on any atom is -0.542 e. The maximum Gasteiger partial charge on any atom is 0.430 e. The molecule has 0 bridgehead atoms. The number of halogens is 3. The number of anilines is 1. The first-order valence-electron chi connectivity index (χ1n) is 10.8. The predicted octanol–water partition coefficient (Wildman–Crippen LogP) is -0.290. The second-order valence-electron chi connectivity index (χ2n) is 8.33. The summed E-state index contributed by atoms with van der Waals surface area (Å²) in [5, 5.41) is 11.6. The Morgan fingerprint density at radius 2 is 1.78 bits per heavy atom. The van der Waals surface area contributed by atoms with E-state index in [0.717, 1.165) is 27.4 Å². The number of carbonyl (C=O) groups excluding carboxylic acids is 2. The van der Waals surface area contributed by atoms with Crippen LogP contribution in [0.15, 0.2) is 36.5 Å². The van der Waals surface area contributed by atoms with Crippen molar-refractivity contribution in [2.45, 2.75) is 26.6 Å². The van der Waals surface area contributed by atoms with Crippen LogP contribution >= 0.6 is 0 Å². The zero-order valence-corrected chi connectivity index (χ0v) is 20.2. The van der Waals surface area contributed by atoms with Crippen molar-refractivity contribution in [2.24, 2.45) is 0 Å². The van der Waals surface area contributed by atoms with E-state index in [9.17, 15) is 26.4 Å². The van der Waals surface area contributed by atoms with Gasteiger partial charge in [0.15, 0.2) is 9.84 Å². The SMILES string of the molecule is Cc1cc(C)nc(NC(=O)c2nc(C[NH+]3CCS(=O)(=O)CC3)c3ccccn23)c1.O=C([O-])C(F)(F)F. The standard InChI is InChI=1S/C20H23N5O3S.C2HF3O2/c1-14-11-15(2)21-18(12-14)23-20(26)19-22-16(17-5-3-4-6-25(17)19)13-24-7-9-29(27,28)10-8-24;3-2(4,5)1(6)7/h3-6,11-12H,7-10,13H2,1-2H3,(H,21,23,26);(H,6,7). The maximum absolute atomic E-state index is 12.9. The largest absolute Gasteiger partial charge is 0.542 e. The molecule has 0 saturated carbocycles. The molecule has 0 spiro atoms. The van der Waals surface area contributed by atoms with Crippen molar-refractivity contribution in [3.8, 4) is 0 Å². The van der Waals surface area contributed by atoms with Crippen molar-refractivity contribution < 1.29 is 41.2 Å². The number of carbonyl (C=O) groups is 2. The van der Waals surface area contributed by atoms with Gasteiger partial charge in [-0.15, -0.1) is 0 Å². The van der Waals surface area contributed by atoms with Crippen molar-refractivity contribution in [1.29, 1.82) is 0 Å². The number of carboxylic acid groups (broad SMARTS) is 1. The predicted molar refractivity (Wildman–Crippen MR) is 121 cm³/mol. The van der Waals surface area contributed by atoms with Crippen molar-refractivity contribution in [3.63, 3.8) is 0 Å². The van der Waals surface area contributed by atoms with Crippen LogP contribution in [0.4, 0.5) is 19.0 Å². The second kappa shape index (κ2) is 10.6. The van der Waals surface area contributed by atoms with Crippen LogP contribution in [0, 0.1) is 13.8 Å². The van der Waals surface area contributed by atoms with Gasteiger partial charge in [-0.05, 0) is 43.7 Å². The summed E-state index contributed by atoms with van der Waals surface area (Å²) in [6.07, 6.45) is -3.38. The third-order valence-electron chi connectivity index (χ3n) is 5.35. The number of pyridine rings is 2. The molecule has 4 rings (SSSR count). The summed E-state index contributed by atoms with van der Waals surface area (Å²) in [4.78, 5) is 31.8. The number of hydrogen-bond acceptors (Lipinski definition) is 7. The molecule has 194 valence electrons. The van der Waals surface area contributed by atoms with E-state index in [2.05, 4.69) is 15.3 Å². The summed E-state index contributed by atoms with van der Waals surface area (Å²) in [5.74, 6) is -2.16. The van der Waals surface area contributed by atoms with Gasteiger partial charge in [0.05, 0.1) is 30.1 Å². The molecule has 1 amide bonds. The number of quaternary nitrogens is 1. The summed E-state index contributed by atoms with van der Waals surface area (Å²) in [5.41, 5.74) is 3.49. The number of amides is 1. The monoisotopic (exact) mass is 527 g/mol. The molecule has 1 aliphatic rings. The van der Waals surface area contributed by atoms with Crippen LogP contribution in [-0.2, 0) is 21.2 Å². The van der Waals surface area contributed by atoms with Crippen LogP contribution in [0.1, 0.15) is 27.6 Å². The quantitative estimate of drug-likeness (QED) is 0.476. The molecule has 3 aromatic rings. The van der Waals surface area contributed by atoms with E-state index in [-0.39, 0.29) is 17.4 Å². The van der Waals surface area contributed by atoms with Gasteiger partial charge in [-0.2, -0.15) is 13.2 Å². The summed E-state index contributed by atoms with van der Waals surface area (Å²) in [7, 11) is -2.92. The molecule has 1 fully saturated rings. The van der Waals surface area contributed by atoms with Crippen LogP contribution < -0.4 is 15.3 Å². The molecule has 10 nitrogen and oxygen atoms in total. The maximum atomic E-state index is 12.9. The second-order valence-corrected chi connectivity index (χ2v) is 10.6. The van der Waals surface area contributed by atoms with E-state index >= 15 is 0 Å². The number of nitrogens with one attached hydrogen (secondary N) is 2. The zero-order chi connectivity index (χ0) is 26.7. The van der Waals surface area contributed by atoms with Crippen LogP contribution in [0.5, 0.6) is 0 Å². The molecule has 14 heteroatoms. The summed E-state index contributed by atoms with van der Waals surface area (Å²) < 4.78 is 56.7. The Hall–Kier alpha value is -3.52. The van der Waals surface area contributed by atoms with Gasteiger partial charge in [0.1, 0.15) is 24.0 Å². The van der Waals surface area contributed by atoms with Crippen molar-refractivity contribution in [3.05, 3.63) is 59.3 Å². The lowest BCUT2D eigenvalue weighted by Gasteiger charge is -2.22. The number of imidazole rings is 1. The highest BCUT2D eigenvalue weighted by molar-refractivity contribution is 7.91. The number of aryl methyl sites for hydroxylation is 2. The normalized spacial score (nSPS) is 15.7. The highest BCUT2D eigenvalue weighted by atomic mass is 32.2. The average Bonchev–Trinajstić information content (AvgIpc) is 3.13. The Kier molecular flexibility index (Phi) is 7.99. The van der Waals surface area contributed by atoms with Gasteiger partial charge >= 0.3 is 6.18 Å². The molecule has 0 aromatic carbocycles. The zero-order valence-electron chi connectivity index (χ0n) is 19.4. The van der Waals surface area contributed by atoms with Crippen LogP contribution in [0.3, 0.4) is 0 Å². The van der Waals surface area contributed by atoms with E-state index in [1.54, 1.807) is 4.40 Å².